The fourth-order valence-corrected chi connectivity index (χ4v) is 3.12. The van der Waals surface area contributed by atoms with Crippen molar-refractivity contribution in [2.45, 2.75) is 32.0 Å². The van der Waals surface area contributed by atoms with Crippen LogP contribution in [0.2, 0.25) is 0 Å². The van der Waals surface area contributed by atoms with E-state index in [1.165, 1.54) is 12.8 Å². The van der Waals surface area contributed by atoms with Crippen LogP contribution in [-0.4, -0.2) is 37.5 Å². The van der Waals surface area contributed by atoms with Crippen molar-refractivity contribution < 1.29 is 4.42 Å². The molecular formula is C17H19N5O. The average Bonchev–Trinajstić information content (AvgIpc) is 3.33. The molecule has 3 aromatic rings. The number of aromatic nitrogens is 4. The van der Waals surface area contributed by atoms with Crippen molar-refractivity contribution in [2.24, 2.45) is 0 Å². The molecule has 1 atom stereocenters. The Kier molecular flexibility index (Phi) is 3.90. The molecule has 1 saturated heterocycles. The smallest absolute Gasteiger partial charge is 0.247 e. The summed E-state index contributed by atoms with van der Waals surface area (Å²) in [6.45, 7) is 2.67. The molecule has 0 spiro atoms. The van der Waals surface area contributed by atoms with Gasteiger partial charge in [-0.25, -0.2) is 0 Å². The molecule has 0 radical (unpaired) electrons. The minimum Gasteiger partial charge on any atom is -0.419 e. The van der Waals surface area contributed by atoms with Crippen LogP contribution in [0.25, 0.3) is 11.5 Å². The highest BCUT2D eigenvalue weighted by Gasteiger charge is 2.26. The van der Waals surface area contributed by atoms with Gasteiger partial charge in [0.15, 0.2) is 0 Å². The van der Waals surface area contributed by atoms with Crippen LogP contribution in [0.4, 0.5) is 0 Å². The highest BCUT2D eigenvalue weighted by Crippen LogP contribution is 2.23. The summed E-state index contributed by atoms with van der Waals surface area (Å²) >= 11 is 0. The van der Waals surface area contributed by atoms with E-state index in [0.717, 1.165) is 18.7 Å². The summed E-state index contributed by atoms with van der Waals surface area (Å²) in [5.74, 6) is 1.26. The van der Waals surface area contributed by atoms with Crippen molar-refractivity contribution in [3.8, 4) is 11.5 Å². The summed E-state index contributed by atoms with van der Waals surface area (Å²) in [4.78, 5) is 2.41. The number of likely N-dealkylation sites (tertiary alicyclic amines) is 1. The molecule has 23 heavy (non-hydrogen) atoms. The lowest BCUT2D eigenvalue weighted by Crippen LogP contribution is -2.32. The van der Waals surface area contributed by atoms with Crippen molar-refractivity contribution in [1.29, 1.82) is 0 Å². The Morgan fingerprint density at radius 3 is 2.87 bits per heavy atom. The maximum absolute atomic E-state index is 5.83. The van der Waals surface area contributed by atoms with Crippen molar-refractivity contribution >= 4 is 0 Å². The maximum Gasteiger partial charge on any atom is 0.247 e. The number of hydrogen-bond acceptors (Lipinski definition) is 5. The van der Waals surface area contributed by atoms with E-state index in [2.05, 4.69) is 20.2 Å². The first-order chi connectivity index (χ1) is 11.4. The highest BCUT2D eigenvalue weighted by molar-refractivity contribution is 5.51. The van der Waals surface area contributed by atoms with E-state index in [9.17, 15) is 0 Å². The van der Waals surface area contributed by atoms with E-state index in [0.29, 0.717) is 24.4 Å². The molecule has 0 aliphatic carbocycles. The van der Waals surface area contributed by atoms with Gasteiger partial charge < -0.3 is 4.42 Å². The van der Waals surface area contributed by atoms with Crippen LogP contribution in [0, 0.1) is 0 Å². The minimum atomic E-state index is 0.474. The zero-order valence-corrected chi connectivity index (χ0v) is 12.9. The predicted molar refractivity (Wildman–Crippen MR) is 85.4 cm³/mol. The van der Waals surface area contributed by atoms with Gasteiger partial charge in [-0.3, -0.25) is 9.58 Å². The van der Waals surface area contributed by atoms with Crippen LogP contribution >= 0.6 is 0 Å². The molecule has 1 aromatic carbocycles. The zero-order valence-electron chi connectivity index (χ0n) is 12.9. The summed E-state index contributed by atoms with van der Waals surface area (Å²) in [5.41, 5.74) is 0.959. The third-order valence-corrected chi connectivity index (χ3v) is 4.28. The van der Waals surface area contributed by atoms with Gasteiger partial charge >= 0.3 is 0 Å². The quantitative estimate of drug-likeness (QED) is 0.725. The molecule has 1 aliphatic rings. The molecule has 118 valence electrons. The van der Waals surface area contributed by atoms with Crippen molar-refractivity contribution in [1.82, 2.24) is 24.9 Å². The van der Waals surface area contributed by atoms with Crippen LogP contribution in [0.15, 0.2) is 53.2 Å². The molecule has 3 heterocycles. The van der Waals surface area contributed by atoms with E-state index < -0.39 is 0 Å². The maximum atomic E-state index is 5.83. The lowest BCUT2D eigenvalue weighted by atomic mass is 10.2. The Balaban J connectivity index is 1.44. The van der Waals surface area contributed by atoms with Crippen LogP contribution in [0.5, 0.6) is 0 Å². The summed E-state index contributed by atoms with van der Waals surface area (Å²) in [6.07, 6.45) is 6.21. The summed E-state index contributed by atoms with van der Waals surface area (Å²) < 4.78 is 7.82. The second-order valence-electron chi connectivity index (χ2n) is 5.86. The first-order valence-electron chi connectivity index (χ1n) is 7.98. The molecule has 0 N–H and O–H groups in total. The average molecular weight is 309 g/mol. The molecule has 1 fully saturated rings. The Morgan fingerprint density at radius 1 is 1.13 bits per heavy atom. The predicted octanol–water partition coefficient (Wildman–Crippen LogP) is 2.60. The van der Waals surface area contributed by atoms with E-state index in [-0.39, 0.29) is 0 Å². The molecule has 0 bridgehead atoms. The zero-order chi connectivity index (χ0) is 15.5. The molecular weight excluding hydrogens is 290 g/mol. The van der Waals surface area contributed by atoms with Gasteiger partial charge in [-0.1, -0.05) is 18.2 Å². The van der Waals surface area contributed by atoms with Crippen LogP contribution < -0.4 is 0 Å². The second-order valence-corrected chi connectivity index (χ2v) is 5.86. The monoisotopic (exact) mass is 309 g/mol. The Bertz CT molecular complexity index is 737. The number of benzene rings is 1. The Morgan fingerprint density at radius 2 is 2.04 bits per heavy atom. The molecule has 4 rings (SSSR count). The van der Waals surface area contributed by atoms with Crippen molar-refractivity contribution in [3.05, 3.63) is 54.7 Å². The molecule has 1 aliphatic heterocycles. The summed E-state index contributed by atoms with van der Waals surface area (Å²) in [6, 6.07) is 12.3. The van der Waals surface area contributed by atoms with Crippen LogP contribution in [0.1, 0.15) is 18.7 Å². The second kappa shape index (κ2) is 6.34. The standard InChI is InChI=1S/C17H19N5O/c1-2-6-14(7-3-1)17-20-19-16(23-17)13-21-10-4-8-15(21)12-22-11-5-9-18-22/h1-3,5-7,9,11,15H,4,8,10,12-13H2/t15-/m1/s1. The largest absolute Gasteiger partial charge is 0.419 e. The lowest BCUT2D eigenvalue weighted by molar-refractivity contribution is 0.200. The van der Waals surface area contributed by atoms with Crippen molar-refractivity contribution in [3.63, 3.8) is 0 Å². The lowest BCUT2D eigenvalue weighted by Gasteiger charge is -2.22. The first kappa shape index (κ1) is 14.1. The normalized spacial score (nSPS) is 18.5. The molecule has 6 heteroatoms. The fraction of sp³-hybridized carbons (Fsp3) is 0.353. The van der Waals surface area contributed by atoms with Crippen molar-refractivity contribution in [2.75, 3.05) is 6.54 Å². The van der Waals surface area contributed by atoms with Gasteiger partial charge in [-0.2, -0.15) is 5.10 Å². The topological polar surface area (TPSA) is 60.0 Å². The third kappa shape index (κ3) is 3.17. The van der Waals surface area contributed by atoms with Crippen LogP contribution in [-0.2, 0) is 13.1 Å². The van der Waals surface area contributed by atoms with Gasteiger partial charge in [-0.05, 0) is 37.6 Å². The molecule has 0 amide bonds. The van der Waals surface area contributed by atoms with Crippen LogP contribution in [0.3, 0.4) is 0 Å². The molecule has 6 nitrogen and oxygen atoms in total. The molecule has 0 saturated carbocycles. The fourth-order valence-electron chi connectivity index (χ4n) is 3.12. The minimum absolute atomic E-state index is 0.474. The molecule has 2 aromatic heterocycles. The Hall–Kier alpha value is -2.47. The summed E-state index contributed by atoms with van der Waals surface area (Å²) in [5, 5.41) is 12.7. The SMILES string of the molecule is c1ccc(-c2nnc(CN3CCC[C@@H]3Cn3cccn3)o2)cc1. The van der Waals surface area contributed by atoms with Gasteiger partial charge in [0.05, 0.1) is 13.1 Å². The van der Waals surface area contributed by atoms with Gasteiger partial charge in [0, 0.05) is 24.0 Å². The van der Waals surface area contributed by atoms with E-state index in [1.54, 1.807) is 0 Å². The van der Waals surface area contributed by atoms with Gasteiger partial charge in [0.2, 0.25) is 11.8 Å². The van der Waals surface area contributed by atoms with Gasteiger partial charge in [0.25, 0.3) is 0 Å². The molecule has 0 unspecified atom stereocenters. The van der Waals surface area contributed by atoms with E-state index in [1.807, 2.05) is 53.5 Å². The number of hydrogen-bond donors (Lipinski definition) is 0. The van der Waals surface area contributed by atoms with Gasteiger partial charge in [0.1, 0.15) is 0 Å². The Labute approximate surface area is 134 Å². The number of nitrogens with zero attached hydrogens (tertiary/aromatic N) is 5. The highest BCUT2D eigenvalue weighted by atomic mass is 16.4. The first-order valence-corrected chi connectivity index (χ1v) is 7.98. The van der Waals surface area contributed by atoms with Gasteiger partial charge in [-0.15, -0.1) is 10.2 Å². The number of rotatable bonds is 5. The van der Waals surface area contributed by atoms with E-state index >= 15 is 0 Å². The summed E-state index contributed by atoms with van der Waals surface area (Å²) in [7, 11) is 0. The third-order valence-electron chi connectivity index (χ3n) is 4.28. The van der Waals surface area contributed by atoms with E-state index in [4.69, 9.17) is 4.42 Å².